The molecule has 1 aliphatic heterocycles. The Morgan fingerprint density at radius 3 is 2.62 bits per heavy atom. The van der Waals surface area contributed by atoms with Gasteiger partial charge in [0.1, 0.15) is 5.75 Å². The predicted octanol–water partition coefficient (Wildman–Crippen LogP) is 3.68. The van der Waals surface area contributed by atoms with Crippen molar-refractivity contribution in [2.24, 2.45) is 5.14 Å². The average Bonchev–Trinajstić information content (AvgIpc) is 3.10. The number of fused-ring (bicyclic) bond motifs is 1. The topological polar surface area (TPSA) is 96.4 Å². The van der Waals surface area contributed by atoms with Crippen LogP contribution in [0.3, 0.4) is 0 Å². The van der Waals surface area contributed by atoms with Gasteiger partial charge in [0.05, 0.1) is 47.4 Å². The number of methoxy groups -OCH3 is 1. The number of nitrogens with two attached hydrogens (primary N) is 1. The van der Waals surface area contributed by atoms with Gasteiger partial charge >= 0.3 is 6.18 Å². The molecule has 0 saturated carbocycles. The molecule has 1 aromatic heterocycles. The van der Waals surface area contributed by atoms with Crippen LogP contribution in [0.2, 0.25) is 0 Å². The van der Waals surface area contributed by atoms with Crippen molar-refractivity contribution in [2.45, 2.75) is 37.1 Å². The molecule has 0 aliphatic carbocycles. The second-order valence-electron chi connectivity index (χ2n) is 7.47. The first kappa shape index (κ1) is 22.3. The molecule has 0 spiro atoms. The van der Waals surface area contributed by atoms with Gasteiger partial charge in [0.15, 0.2) is 0 Å². The zero-order valence-electron chi connectivity index (χ0n) is 17.2. The van der Waals surface area contributed by atoms with E-state index in [9.17, 15) is 21.6 Å². The maximum atomic E-state index is 13.3. The summed E-state index contributed by atoms with van der Waals surface area (Å²) < 4.78 is 75.7. The molecule has 4 rings (SSSR count). The number of alkyl halides is 3. The van der Waals surface area contributed by atoms with E-state index in [1.807, 2.05) is 6.92 Å². The quantitative estimate of drug-likeness (QED) is 0.632. The van der Waals surface area contributed by atoms with Crippen molar-refractivity contribution in [1.29, 1.82) is 0 Å². The number of rotatable bonds is 4. The summed E-state index contributed by atoms with van der Waals surface area (Å²) >= 11 is 0. The number of halogens is 3. The van der Waals surface area contributed by atoms with Gasteiger partial charge in [-0.25, -0.2) is 18.2 Å². The Kier molecular flexibility index (Phi) is 5.51. The first-order valence-electron chi connectivity index (χ1n) is 9.60. The van der Waals surface area contributed by atoms with Gasteiger partial charge in [0.25, 0.3) is 0 Å². The first-order chi connectivity index (χ1) is 15.0. The van der Waals surface area contributed by atoms with Crippen LogP contribution in [-0.4, -0.2) is 31.4 Å². The van der Waals surface area contributed by atoms with Crippen molar-refractivity contribution >= 4 is 10.0 Å². The number of primary sulfonamides is 1. The molecule has 0 bridgehead atoms. The van der Waals surface area contributed by atoms with Crippen LogP contribution in [0.1, 0.15) is 23.7 Å². The Morgan fingerprint density at radius 2 is 1.97 bits per heavy atom. The molecule has 2 aromatic carbocycles. The summed E-state index contributed by atoms with van der Waals surface area (Å²) in [4.78, 5) is -0.0698. The highest BCUT2D eigenvalue weighted by Gasteiger charge is 2.35. The van der Waals surface area contributed by atoms with Crippen LogP contribution < -0.4 is 9.88 Å². The number of aromatic nitrogens is 2. The molecule has 0 fully saturated rings. The molecule has 0 unspecified atom stereocenters. The van der Waals surface area contributed by atoms with Crippen LogP contribution in [0.5, 0.6) is 5.75 Å². The van der Waals surface area contributed by atoms with E-state index < -0.39 is 21.8 Å². The van der Waals surface area contributed by atoms with Crippen molar-refractivity contribution in [3.8, 4) is 22.7 Å². The van der Waals surface area contributed by atoms with Crippen LogP contribution in [0, 0.1) is 0 Å². The summed E-state index contributed by atoms with van der Waals surface area (Å²) in [5.74, 6) is -0.322. The van der Waals surface area contributed by atoms with E-state index in [0.29, 0.717) is 23.4 Å². The smallest absolute Gasteiger partial charge is 0.419 e. The lowest BCUT2D eigenvalue weighted by Crippen LogP contribution is -2.21. The van der Waals surface area contributed by atoms with Crippen LogP contribution in [-0.2, 0) is 34.0 Å². The molecule has 11 heteroatoms. The molecule has 1 atom stereocenters. The third kappa shape index (κ3) is 4.10. The second-order valence-corrected chi connectivity index (χ2v) is 9.03. The number of ether oxygens (including phenoxy) is 2. The molecule has 2 heterocycles. The fourth-order valence-electron chi connectivity index (χ4n) is 3.72. The van der Waals surface area contributed by atoms with E-state index in [4.69, 9.17) is 14.6 Å². The minimum absolute atomic E-state index is 0.0698. The number of benzene rings is 2. The largest absolute Gasteiger partial charge is 0.496 e. The van der Waals surface area contributed by atoms with E-state index in [-0.39, 0.29) is 23.4 Å². The Hall–Kier alpha value is -2.89. The van der Waals surface area contributed by atoms with Crippen molar-refractivity contribution < 1.29 is 31.1 Å². The molecule has 3 aromatic rings. The predicted molar refractivity (Wildman–Crippen MR) is 110 cm³/mol. The van der Waals surface area contributed by atoms with E-state index in [1.54, 1.807) is 16.8 Å². The molecular weight excluding hydrogens is 447 g/mol. The number of sulfonamides is 1. The molecule has 32 heavy (non-hydrogen) atoms. The summed E-state index contributed by atoms with van der Waals surface area (Å²) in [6, 6.07) is 9.58. The standard InChI is InChI=1S/C21H20F3N3O4S/c1-12-8-18-16(11-31-12)20(13-4-3-5-15(9-13)32(25,28)29)26-27(18)14-6-7-17(21(22,23)24)19(10-14)30-2/h3-7,9-10,12H,8,11H2,1-2H3,(H2,25,28,29)/t12-/m1/s1. The third-order valence-electron chi connectivity index (χ3n) is 5.25. The van der Waals surface area contributed by atoms with Crippen molar-refractivity contribution in [1.82, 2.24) is 9.78 Å². The van der Waals surface area contributed by atoms with E-state index in [1.165, 1.54) is 31.4 Å². The van der Waals surface area contributed by atoms with Crippen molar-refractivity contribution in [2.75, 3.05) is 7.11 Å². The van der Waals surface area contributed by atoms with E-state index in [0.717, 1.165) is 17.3 Å². The molecule has 0 amide bonds. The highest BCUT2D eigenvalue weighted by molar-refractivity contribution is 7.89. The normalized spacial score (nSPS) is 16.6. The second kappa shape index (κ2) is 7.91. The van der Waals surface area contributed by atoms with Gasteiger partial charge < -0.3 is 9.47 Å². The van der Waals surface area contributed by atoms with Gasteiger partial charge in [-0.05, 0) is 31.2 Å². The van der Waals surface area contributed by atoms with Crippen LogP contribution >= 0.6 is 0 Å². The third-order valence-corrected chi connectivity index (χ3v) is 6.16. The van der Waals surface area contributed by atoms with E-state index >= 15 is 0 Å². The van der Waals surface area contributed by atoms with Crippen LogP contribution in [0.4, 0.5) is 13.2 Å². The van der Waals surface area contributed by atoms with Crippen LogP contribution in [0.15, 0.2) is 47.4 Å². The minimum atomic E-state index is -4.56. The molecular formula is C21H20F3N3O4S. The number of nitrogens with zero attached hydrogens (tertiary/aromatic N) is 2. The fraction of sp³-hybridized carbons (Fsp3) is 0.286. The zero-order chi connectivity index (χ0) is 23.3. The fourth-order valence-corrected chi connectivity index (χ4v) is 4.27. The van der Waals surface area contributed by atoms with Crippen molar-refractivity contribution in [3.63, 3.8) is 0 Å². The van der Waals surface area contributed by atoms with Gasteiger partial charge in [0.2, 0.25) is 10.0 Å². The summed E-state index contributed by atoms with van der Waals surface area (Å²) in [5, 5.41) is 9.87. The maximum absolute atomic E-state index is 13.3. The summed E-state index contributed by atoms with van der Waals surface area (Å²) in [7, 11) is -2.75. The van der Waals surface area contributed by atoms with Gasteiger partial charge in [-0.3, -0.25) is 0 Å². The molecule has 0 saturated heterocycles. The molecule has 1 aliphatic rings. The minimum Gasteiger partial charge on any atom is -0.496 e. The molecule has 7 nitrogen and oxygen atoms in total. The average molecular weight is 467 g/mol. The highest BCUT2D eigenvalue weighted by atomic mass is 32.2. The van der Waals surface area contributed by atoms with Crippen LogP contribution in [0.25, 0.3) is 16.9 Å². The summed E-state index contributed by atoms with van der Waals surface area (Å²) in [6.45, 7) is 2.11. The first-order valence-corrected chi connectivity index (χ1v) is 11.1. The monoisotopic (exact) mass is 467 g/mol. The highest BCUT2D eigenvalue weighted by Crippen LogP contribution is 2.39. The molecule has 170 valence electrons. The lowest BCUT2D eigenvalue weighted by Gasteiger charge is -2.21. The SMILES string of the molecule is COc1cc(-n2nc(-c3cccc(S(N)(=O)=O)c3)c3c2C[C@@H](C)OC3)ccc1C(F)(F)F. The van der Waals surface area contributed by atoms with Gasteiger partial charge in [-0.1, -0.05) is 12.1 Å². The molecule has 2 N–H and O–H groups in total. The van der Waals surface area contributed by atoms with Gasteiger partial charge in [-0.15, -0.1) is 0 Å². The zero-order valence-corrected chi connectivity index (χ0v) is 18.0. The Morgan fingerprint density at radius 1 is 1.22 bits per heavy atom. The lowest BCUT2D eigenvalue weighted by atomic mass is 10.0. The van der Waals surface area contributed by atoms with Gasteiger partial charge in [-0.2, -0.15) is 18.3 Å². The van der Waals surface area contributed by atoms with Gasteiger partial charge in [0, 0.05) is 23.6 Å². The summed E-state index contributed by atoms with van der Waals surface area (Å²) in [5.41, 5.74) is 1.96. The maximum Gasteiger partial charge on any atom is 0.419 e. The van der Waals surface area contributed by atoms with E-state index in [2.05, 4.69) is 5.10 Å². The lowest BCUT2D eigenvalue weighted by molar-refractivity contribution is -0.138. The number of hydrogen-bond donors (Lipinski definition) is 1. The molecule has 0 radical (unpaired) electrons. The Labute approximate surface area is 182 Å². The Bertz CT molecular complexity index is 1290. The number of hydrogen-bond acceptors (Lipinski definition) is 5. The Balaban J connectivity index is 1.90. The van der Waals surface area contributed by atoms with Crippen molar-refractivity contribution in [3.05, 3.63) is 59.3 Å². The summed E-state index contributed by atoms with van der Waals surface area (Å²) in [6.07, 6.45) is -4.21.